The molecule has 41 heavy (non-hydrogen) atoms. The minimum atomic E-state index is -0.662. The smallest absolute Gasteiger partial charge is 0.251 e. The first kappa shape index (κ1) is 30.4. The Kier molecular flexibility index (Phi) is 11.0. The number of aryl methyl sites for hydroxylation is 1. The van der Waals surface area contributed by atoms with Gasteiger partial charge in [0.1, 0.15) is 6.29 Å². The number of aldehydes is 1. The van der Waals surface area contributed by atoms with Crippen molar-refractivity contribution >= 4 is 46.7 Å². The quantitative estimate of drug-likeness (QED) is 0.115. The fourth-order valence-corrected chi connectivity index (χ4v) is 3.76. The molecule has 2 aromatic carbocycles. The Morgan fingerprint density at radius 3 is 2.29 bits per heavy atom. The number of amides is 2. The molecule has 8 N–H and O–H groups in total. The van der Waals surface area contributed by atoms with Gasteiger partial charge in [-0.05, 0) is 56.2 Å². The van der Waals surface area contributed by atoms with Gasteiger partial charge in [-0.2, -0.15) is 9.97 Å². The van der Waals surface area contributed by atoms with Crippen molar-refractivity contribution in [2.45, 2.75) is 32.4 Å². The molecular weight excluding hydrogens is 526 g/mol. The van der Waals surface area contributed by atoms with Gasteiger partial charge in [0, 0.05) is 30.5 Å². The van der Waals surface area contributed by atoms with E-state index in [9.17, 15) is 14.4 Å². The van der Waals surface area contributed by atoms with Crippen molar-refractivity contribution in [3.63, 3.8) is 0 Å². The Bertz CT molecular complexity index is 1480. The molecule has 2 aromatic heterocycles. The number of aromatic nitrogens is 4. The number of fused-ring (bicyclic) bond motifs is 1. The molecule has 0 bridgehead atoms. The van der Waals surface area contributed by atoms with Crippen molar-refractivity contribution in [1.29, 1.82) is 0 Å². The number of aliphatic hydroxyl groups excluding tert-OH is 1. The predicted octanol–water partition coefficient (Wildman–Crippen LogP) is 1.62. The summed E-state index contributed by atoms with van der Waals surface area (Å²) in [6, 6.07) is 13.4. The number of aliphatic hydroxyl groups is 1. The average Bonchev–Trinajstić information content (AvgIpc) is 2.99. The Hall–Kier alpha value is -5.17. The van der Waals surface area contributed by atoms with Gasteiger partial charge >= 0.3 is 0 Å². The van der Waals surface area contributed by atoms with E-state index in [4.69, 9.17) is 16.6 Å². The molecule has 13 heteroatoms. The van der Waals surface area contributed by atoms with Gasteiger partial charge in [-0.3, -0.25) is 9.59 Å². The number of benzene rings is 2. The van der Waals surface area contributed by atoms with E-state index in [0.717, 1.165) is 18.4 Å². The van der Waals surface area contributed by atoms with E-state index in [0.29, 0.717) is 60.2 Å². The van der Waals surface area contributed by atoms with Crippen LogP contribution >= 0.6 is 0 Å². The zero-order valence-electron chi connectivity index (χ0n) is 22.8. The molecule has 0 fully saturated rings. The largest absolute Gasteiger partial charge is 0.400 e. The molecule has 4 rings (SSSR count). The minimum Gasteiger partial charge on any atom is -0.400 e. The third-order valence-corrected chi connectivity index (χ3v) is 5.89. The molecule has 0 aliphatic carbocycles. The van der Waals surface area contributed by atoms with E-state index >= 15 is 0 Å². The maximum atomic E-state index is 12.6. The molecule has 13 nitrogen and oxygen atoms in total. The Morgan fingerprint density at radius 2 is 1.61 bits per heavy atom. The van der Waals surface area contributed by atoms with Crippen LogP contribution in [0.5, 0.6) is 0 Å². The van der Waals surface area contributed by atoms with Gasteiger partial charge < -0.3 is 37.3 Å². The lowest BCUT2D eigenvalue weighted by Crippen LogP contribution is -2.36. The number of nitrogens with one attached hydrogen (secondary N) is 3. The van der Waals surface area contributed by atoms with Crippen molar-refractivity contribution in [1.82, 2.24) is 30.6 Å². The number of rotatable bonds is 11. The summed E-state index contributed by atoms with van der Waals surface area (Å²) >= 11 is 0. The standard InChI is InChI=1S/C27H29N9O3.CH4O/c1-16-4-6-17(7-5-16)25(38)30-12-2-3-20(15-37)34-26(39)18-8-10-19(11-9-18)31-13-21-14-32-24-22(33-21)23(28)35-27(29)36-24;1-2/h4-11,14-15,20,31H,2-3,12-13H2,1H3,(H,30,38)(H,34,39)(H4,28,29,32,35,36);2H,1H3. The highest BCUT2D eigenvalue weighted by atomic mass is 16.2. The topological polar surface area (TPSA) is 211 Å². The Balaban J connectivity index is 0.00000226. The highest BCUT2D eigenvalue weighted by molar-refractivity contribution is 5.96. The minimum absolute atomic E-state index is 0.0335. The summed E-state index contributed by atoms with van der Waals surface area (Å²) in [5, 5.41) is 15.7. The summed E-state index contributed by atoms with van der Waals surface area (Å²) in [5.74, 6) is -0.349. The zero-order valence-corrected chi connectivity index (χ0v) is 22.8. The van der Waals surface area contributed by atoms with E-state index in [2.05, 4.69) is 35.9 Å². The van der Waals surface area contributed by atoms with Crippen molar-refractivity contribution in [3.05, 3.63) is 77.1 Å². The number of carbonyl (C=O) groups is 3. The third-order valence-electron chi connectivity index (χ3n) is 5.89. The molecule has 0 saturated carbocycles. The number of nitrogen functional groups attached to an aromatic ring is 2. The molecule has 0 aliphatic heterocycles. The molecule has 0 aliphatic rings. The number of anilines is 3. The molecule has 0 radical (unpaired) electrons. The van der Waals surface area contributed by atoms with Crippen LogP contribution in [-0.4, -0.2) is 62.8 Å². The fourth-order valence-electron chi connectivity index (χ4n) is 3.76. The van der Waals surface area contributed by atoms with Gasteiger partial charge in [0.2, 0.25) is 5.95 Å². The normalized spacial score (nSPS) is 11.1. The summed E-state index contributed by atoms with van der Waals surface area (Å²) in [4.78, 5) is 52.9. The SMILES string of the molecule is CO.Cc1ccc(C(=O)NCCCC(C=O)NC(=O)c2ccc(NCc3cnc4nc(N)nc(N)c4n3)cc2)cc1. The van der Waals surface area contributed by atoms with Crippen LogP contribution in [0.3, 0.4) is 0 Å². The summed E-state index contributed by atoms with van der Waals surface area (Å²) in [6.45, 7) is 2.70. The monoisotopic (exact) mass is 559 g/mol. The van der Waals surface area contributed by atoms with Crippen LogP contribution < -0.4 is 27.4 Å². The highest BCUT2D eigenvalue weighted by Crippen LogP contribution is 2.16. The van der Waals surface area contributed by atoms with E-state index in [1.165, 1.54) is 0 Å². The second-order valence-corrected chi connectivity index (χ2v) is 8.91. The van der Waals surface area contributed by atoms with Gasteiger partial charge in [0.05, 0.1) is 24.5 Å². The van der Waals surface area contributed by atoms with E-state index in [1.54, 1.807) is 42.6 Å². The molecule has 0 saturated heterocycles. The maximum Gasteiger partial charge on any atom is 0.251 e. The Morgan fingerprint density at radius 1 is 0.951 bits per heavy atom. The molecule has 0 spiro atoms. The number of nitrogens with two attached hydrogens (primary N) is 2. The summed E-state index contributed by atoms with van der Waals surface area (Å²) in [7, 11) is 1.00. The van der Waals surface area contributed by atoms with Gasteiger partial charge in [-0.25, -0.2) is 9.97 Å². The lowest BCUT2D eigenvalue weighted by atomic mass is 10.1. The van der Waals surface area contributed by atoms with Crippen molar-refractivity contribution in [2.24, 2.45) is 0 Å². The van der Waals surface area contributed by atoms with Crippen LogP contribution in [-0.2, 0) is 11.3 Å². The first-order valence-corrected chi connectivity index (χ1v) is 12.8. The number of hydrogen-bond donors (Lipinski definition) is 6. The number of carbonyl (C=O) groups excluding carboxylic acids is 3. The first-order chi connectivity index (χ1) is 19.8. The third kappa shape index (κ3) is 8.66. The zero-order chi connectivity index (χ0) is 29.8. The molecule has 1 unspecified atom stereocenters. The molecular formula is C28H33N9O4. The molecule has 4 aromatic rings. The fraction of sp³-hybridized carbons (Fsp3) is 0.250. The van der Waals surface area contributed by atoms with Crippen LogP contribution in [0.2, 0.25) is 0 Å². The van der Waals surface area contributed by atoms with Crippen LogP contribution in [0.1, 0.15) is 44.8 Å². The van der Waals surface area contributed by atoms with E-state index in [-0.39, 0.29) is 23.6 Å². The highest BCUT2D eigenvalue weighted by Gasteiger charge is 2.14. The van der Waals surface area contributed by atoms with Gasteiger partial charge in [-0.15, -0.1) is 0 Å². The number of nitrogens with zero attached hydrogens (tertiary/aromatic N) is 4. The molecule has 2 heterocycles. The summed E-state index contributed by atoms with van der Waals surface area (Å²) in [5.41, 5.74) is 15.6. The van der Waals surface area contributed by atoms with Gasteiger partial charge in [-0.1, -0.05) is 17.7 Å². The summed E-state index contributed by atoms with van der Waals surface area (Å²) < 4.78 is 0. The lowest BCUT2D eigenvalue weighted by molar-refractivity contribution is -0.109. The van der Waals surface area contributed by atoms with Crippen molar-refractivity contribution in [3.8, 4) is 0 Å². The van der Waals surface area contributed by atoms with Crippen molar-refractivity contribution in [2.75, 3.05) is 30.4 Å². The van der Waals surface area contributed by atoms with E-state index in [1.807, 2.05) is 19.1 Å². The summed E-state index contributed by atoms with van der Waals surface area (Å²) in [6.07, 6.45) is 3.20. The van der Waals surface area contributed by atoms with Crippen molar-refractivity contribution < 1.29 is 19.5 Å². The van der Waals surface area contributed by atoms with Crippen LogP contribution in [0, 0.1) is 6.92 Å². The van der Waals surface area contributed by atoms with E-state index < -0.39 is 6.04 Å². The Labute approximate surface area is 236 Å². The van der Waals surface area contributed by atoms with Gasteiger partial charge in [0.25, 0.3) is 11.8 Å². The van der Waals surface area contributed by atoms with Crippen LogP contribution in [0.4, 0.5) is 17.5 Å². The lowest BCUT2D eigenvalue weighted by Gasteiger charge is -2.14. The molecule has 1 atom stereocenters. The molecule has 214 valence electrons. The van der Waals surface area contributed by atoms with Crippen LogP contribution in [0.25, 0.3) is 11.2 Å². The maximum absolute atomic E-state index is 12.6. The number of hydrogen-bond acceptors (Lipinski definition) is 11. The first-order valence-electron chi connectivity index (χ1n) is 12.8. The second-order valence-electron chi connectivity index (χ2n) is 8.91. The average molecular weight is 560 g/mol. The molecule has 2 amide bonds. The second kappa shape index (κ2) is 14.8. The predicted molar refractivity (Wildman–Crippen MR) is 156 cm³/mol. The van der Waals surface area contributed by atoms with Crippen LogP contribution in [0.15, 0.2) is 54.7 Å². The van der Waals surface area contributed by atoms with Gasteiger partial charge in [0.15, 0.2) is 17.0 Å².